The van der Waals surface area contributed by atoms with Gasteiger partial charge >= 0.3 is 0 Å². The molecule has 1 aromatic heterocycles. The van der Waals surface area contributed by atoms with Crippen LogP contribution in [0.3, 0.4) is 0 Å². The van der Waals surface area contributed by atoms with Crippen LogP contribution < -0.4 is 5.32 Å². The molecule has 0 spiro atoms. The average Bonchev–Trinajstić information content (AvgIpc) is 3.14. The van der Waals surface area contributed by atoms with E-state index in [1.165, 1.54) is 11.1 Å². The smallest absolute Gasteiger partial charge is 0.259 e. The summed E-state index contributed by atoms with van der Waals surface area (Å²) in [5, 5.41) is 3.52. The van der Waals surface area contributed by atoms with E-state index in [0.29, 0.717) is 11.1 Å². The standard InChI is InChI=1S/C21H16N2O2/c24-20-17(13-6-2-1-3-7-13)18(21(25)22-20)16-12-23-11-5-9-14-8-4-10-15(16)19(14)23/h1-4,6-8,10,12H,5,9,11H2,(H,22,24,25). The third-order valence-corrected chi connectivity index (χ3v) is 5.09. The largest absolute Gasteiger partial charge is 0.347 e. The second-order valence-corrected chi connectivity index (χ2v) is 6.55. The van der Waals surface area contributed by atoms with Crippen LogP contribution in [0.1, 0.15) is 23.1 Å². The van der Waals surface area contributed by atoms with Crippen LogP contribution in [-0.2, 0) is 22.6 Å². The summed E-state index contributed by atoms with van der Waals surface area (Å²) in [4.78, 5) is 25.1. The van der Waals surface area contributed by atoms with Gasteiger partial charge < -0.3 is 4.57 Å². The molecule has 4 heteroatoms. The van der Waals surface area contributed by atoms with Gasteiger partial charge in [0.25, 0.3) is 11.8 Å². The number of aryl methyl sites for hydroxylation is 2. The fraction of sp³-hybridized carbons (Fsp3) is 0.143. The number of nitrogens with zero attached hydrogens (tertiary/aromatic N) is 1. The Kier molecular flexibility index (Phi) is 2.95. The Labute approximate surface area is 144 Å². The van der Waals surface area contributed by atoms with Crippen LogP contribution in [-0.4, -0.2) is 16.4 Å². The van der Waals surface area contributed by atoms with Crippen molar-refractivity contribution in [2.24, 2.45) is 0 Å². The van der Waals surface area contributed by atoms with Gasteiger partial charge in [0.1, 0.15) is 0 Å². The highest BCUT2D eigenvalue weighted by Gasteiger charge is 2.34. The lowest BCUT2D eigenvalue weighted by atomic mass is 9.95. The Balaban J connectivity index is 1.84. The van der Waals surface area contributed by atoms with Crippen LogP contribution in [0.4, 0.5) is 0 Å². The summed E-state index contributed by atoms with van der Waals surface area (Å²) in [7, 11) is 0. The number of imide groups is 1. The number of hydrogen-bond acceptors (Lipinski definition) is 2. The van der Waals surface area contributed by atoms with Gasteiger partial charge in [-0.2, -0.15) is 0 Å². The maximum atomic E-state index is 12.6. The highest BCUT2D eigenvalue weighted by molar-refractivity contribution is 6.50. The minimum Gasteiger partial charge on any atom is -0.347 e. The van der Waals surface area contributed by atoms with E-state index >= 15 is 0 Å². The molecule has 2 aliphatic heterocycles. The van der Waals surface area contributed by atoms with Crippen molar-refractivity contribution in [3.8, 4) is 0 Å². The van der Waals surface area contributed by atoms with Gasteiger partial charge in [0, 0.05) is 23.7 Å². The predicted octanol–water partition coefficient (Wildman–Crippen LogP) is 3.15. The van der Waals surface area contributed by atoms with Gasteiger partial charge in [-0.3, -0.25) is 14.9 Å². The molecule has 0 fully saturated rings. The molecule has 25 heavy (non-hydrogen) atoms. The third kappa shape index (κ3) is 2.00. The van der Waals surface area contributed by atoms with E-state index < -0.39 is 0 Å². The van der Waals surface area contributed by atoms with E-state index in [2.05, 4.69) is 16.0 Å². The molecular weight excluding hydrogens is 312 g/mol. The Morgan fingerprint density at radius 3 is 2.52 bits per heavy atom. The maximum absolute atomic E-state index is 12.6. The number of hydrogen-bond donors (Lipinski definition) is 1. The van der Waals surface area contributed by atoms with Crippen molar-refractivity contribution in [1.82, 2.24) is 9.88 Å². The third-order valence-electron chi connectivity index (χ3n) is 5.09. The molecule has 2 aromatic carbocycles. The molecule has 2 aliphatic rings. The predicted molar refractivity (Wildman–Crippen MR) is 96.7 cm³/mol. The maximum Gasteiger partial charge on any atom is 0.259 e. The van der Waals surface area contributed by atoms with Crippen LogP contribution in [0.15, 0.2) is 54.7 Å². The number of amides is 2. The molecule has 0 atom stereocenters. The molecule has 3 aromatic rings. The summed E-state index contributed by atoms with van der Waals surface area (Å²) in [6.45, 7) is 0.941. The van der Waals surface area contributed by atoms with Crippen LogP contribution in [0.25, 0.3) is 22.0 Å². The second-order valence-electron chi connectivity index (χ2n) is 6.55. The lowest BCUT2D eigenvalue weighted by molar-refractivity contribution is -0.122. The zero-order valence-corrected chi connectivity index (χ0v) is 13.6. The minimum absolute atomic E-state index is 0.312. The molecule has 1 N–H and O–H groups in total. The van der Waals surface area contributed by atoms with Crippen molar-refractivity contribution in [3.05, 3.63) is 71.4 Å². The van der Waals surface area contributed by atoms with Gasteiger partial charge in [0.05, 0.1) is 16.7 Å². The van der Waals surface area contributed by atoms with Crippen LogP contribution in [0.5, 0.6) is 0 Å². The normalized spacial score (nSPS) is 16.6. The Bertz CT molecular complexity index is 1070. The number of nitrogens with one attached hydrogen (secondary N) is 1. The number of para-hydroxylation sites is 1. The molecule has 0 radical (unpaired) electrons. The first-order chi connectivity index (χ1) is 12.2. The van der Waals surface area contributed by atoms with Crippen molar-refractivity contribution in [1.29, 1.82) is 0 Å². The topological polar surface area (TPSA) is 51.1 Å². The molecule has 5 rings (SSSR count). The molecular formula is C21H16N2O2. The number of rotatable bonds is 2. The number of carbonyl (C=O) groups is 2. The lowest BCUT2D eigenvalue weighted by Crippen LogP contribution is -2.22. The summed E-state index contributed by atoms with van der Waals surface area (Å²) >= 11 is 0. The first kappa shape index (κ1) is 14.2. The first-order valence-corrected chi connectivity index (χ1v) is 8.50. The zero-order valence-electron chi connectivity index (χ0n) is 13.6. The van der Waals surface area contributed by atoms with E-state index in [0.717, 1.165) is 35.9 Å². The van der Waals surface area contributed by atoms with Gasteiger partial charge in [0.2, 0.25) is 0 Å². The molecule has 0 aliphatic carbocycles. The van der Waals surface area contributed by atoms with Gasteiger partial charge in [-0.05, 0) is 24.0 Å². The molecule has 0 unspecified atom stereocenters. The molecule has 0 saturated heterocycles. The molecule has 4 nitrogen and oxygen atoms in total. The summed E-state index contributed by atoms with van der Waals surface area (Å²) in [5.41, 5.74) is 5.07. The lowest BCUT2D eigenvalue weighted by Gasteiger charge is -2.14. The summed E-state index contributed by atoms with van der Waals surface area (Å²) in [6, 6.07) is 15.6. The SMILES string of the molecule is O=C1NC(=O)C(c2cn3c4c(cccc24)CCC3)=C1c1ccccc1. The Morgan fingerprint density at radius 1 is 0.880 bits per heavy atom. The highest BCUT2D eigenvalue weighted by atomic mass is 16.2. The fourth-order valence-corrected chi connectivity index (χ4v) is 4.05. The van der Waals surface area contributed by atoms with Crippen molar-refractivity contribution in [2.45, 2.75) is 19.4 Å². The van der Waals surface area contributed by atoms with Gasteiger partial charge in [-0.25, -0.2) is 0 Å². The zero-order chi connectivity index (χ0) is 17.0. The first-order valence-electron chi connectivity index (χ1n) is 8.50. The summed E-state index contributed by atoms with van der Waals surface area (Å²) in [6.07, 6.45) is 4.18. The van der Waals surface area contributed by atoms with E-state index in [1.807, 2.05) is 48.7 Å². The molecule has 3 heterocycles. The van der Waals surface area contributed by atoms with Crippen molar-refractivity contribution >= 4 is 33.9 Å². The number of carbonyl (C=O) groups excluding carboxylic acids is 2. The number of aromatic nitrogens is 1. The van der Waals surface area contributed by atoms with E-state index in [1.54, 1.807) is 0 Å². The molecule has 0 bridgehead atoms. The second kappa shape index (κ2) is 5.18. The number of benzene rings is 2. The summed E-state index contributed by atoms with van der Waals surface area (Å²) in [5.74, 6) is -0.634. The van der Waals surface area contributed by atoms with E-state index in [9.17, 15) is 9.59 Å². The Morgan fingerprint density at radius 2 is 1.68 bits per heavy atom. The minimum atomic E-state index is -0.321. The Hall–Kier alpha value is -3.14. The molecule has 0 saturated carbocycles. The van der Waals surface area contributed by atoms with Crippen LogP contribution in [0, 0.1) is 0 Å². The quantitative estimate of drug-likeness (QED) is 0.735. The fourth-order valence-electron chi connectivity index (χ4n) is 4.05. The van der Waals surface area contributed by atoms with Crippen molar-refractivity contribution in [3.63, 3.8) is 0 Å². The van der Waals surface area contributed by atoms with Crippen molar-refractivity contribution in [2.75, 3.05) is 0 Å². The van der Waals surface area contributed by atoms with Gasteiger partial charge in [-0.1, -0.05) is 48.5 Å². The molecule has 122 valence electrons. The average molecular weight is 328 g/mol. The summed E-state index contributed by atoms with van der Waals surface area (Å²) < 4.78 is 2.22. The van der Waals surface area contributed by atoms with E-state index in [4.69, 9.17) is 0 Å². The molecule has 2 amide bonds. The van der Waals surface area contributed by atoms with Gasteiger partial charge in [-0.15, -0.1) is 0 Å². The monoisotopic (exact) mass is 328 g/mol. The van der Waals surface area contributed by atoms with Crippen LogP contribution in [0.2, 0.25) is 0 Å². The van der Waals surface area contributed by atoms with Gasteiger partial charge in [0.15, 0.2) is 0 Å². The highest BCUT2D eigenvalue weighted by Crippen LogP contribution is 2.38. The van der Waals surface area contributed by atoms with Crippen molar-refractivity contribution < 1.29 is 9.59 Å². The van der Waals surface area contributed by atoms with E-state index in [-0.39, 0.29) is 11.8 Å². The van der Waals surface area contributed by atoms with Crippen LogP contribution >= 0.6 is 0 Å².